The van der Waals surface area contributed by atoms with Crippen LogP contribution in [0.1, 0.15) is 23.3 Å². The minimum atomic E-state index is -0.958. The van der Waals surface area contributed by atoms with Gasteiger partial charge >= 0.3 is 0 Å². The number of hydrogen-bond donors (Lipinski definition) is 1. The van der Waals surface area contributed by atoms with Gasteiger partial charge in [0.2, 0.25) is 0 Å². The van der Waals surface area contributed by atoms with E-state index in [2.05, 4.69) is 20.4 Å². The van der Waals surface area contributed by atoms with E-state index in [4.69, 9.17) is 0 Å². The normalized spacial score (nSPS) is 13.6. The fourth-order valence-corrected chi connectivity index (χ4v) is 4.17. The molecule has 5 rings (SSSR count). The number of aromatic nitrogens is 4. The first-order valence-electron chi connectivity index (χ1n) is 10.5. The highest BCUT2D eigenvalue weighted by atomic mass is 19.1. The highest BCUT2D eigenvalue weighted by Gasteiger charge is 2.22. The average molecular weight is 450 g/mol. The molecule has 0 radical (unpaired) electrons. The predicted octanol–water partition coefficient (Wildman–Crippen LogP) is 3.25. The number of benzene rings is 2. The van der Waals surface area contributed by atoms with E-state index in [-0.39, 0.29) is 5.69 Å². The highest BCUT2D eigenvalue weighted by Crippen LogP contribution is 2.36. The first-order chi connectivity index (χ1) is 15.9. The number of rotatable bonds is 4. The van der Waals surface area contributed by atoms with Crippen LogP contribution in [0.3, 0.4) is 0 Å². The van der Waals surface area contributed by atoms with Crippen LogP contribution in [0, 0.1) is 11.6 Å². The van der Waals surface area contributed by atoms with E-state index in [1.54, 1.807) is 16.9 Å². The quantitative estimate of drug-likeness (QED) is 0.516. The van der Waals surface area contributed by atoms with Crippen LogP contribution in [0.15, 0.2) is 53.5 Å². The number of halogens is 2. The Bertz CT molecular complexity index is 1420. The van der Waals surface area contributed by atoms with Crippen LogP contribution in [0.2, 0.25) is 0 Å². The standard InChI is InChI=1S/C23H20F2N6O2/c1-29-19-9-7-17(21(14(19)13-26-29)30-11-2-3-12-30)27-23(33)18-8-10-20(32)31(28-18)22-15(24)5-4-6-16(22)25/h4-10,13H,2-3,11-12H2,1H3,(H,27,33). The Balaban J connectivity index is 1.55. The predicted molar refractivity (Wildman–Crippen MR) is 120 cm³/mol. The maximum Gasteiger partial charge on any atom is 0.276 e. The molecule has 0 unspecified atom stereocenters. The van der Waals surface area contributed by atoms with Crippen molar-refractivity contribution < 1.29 is 13.6 Å². The summed E-state index contributed by atoms with van der Waals surface area (Å²) in [6, 6.07) is 9.16. The van der Waals surface area contributed by atoms with Crippen molar-refractivity contribution in [3.05, 3.63) is 76.3 Å². The number of nitrogens with one attached hydrogen (secondary N) is 1. The molecule has 3 heterocycles. The topological polar surface area (TPSA) is 85.0 Å². The Labute approximate surface area is 187 Å². The van der Waals surface area contributed by atoms with Gasteiger partial charge in [-0.25, -0.2) is 8.78 Å². The maximum atomic E-state index is 14.2. The molecule has 0 saturated carbocycles. The van der Waals surface area contributed by atoms with Gasteiger partial charge in [0, 0.05) is 31.6 Å². The smallest absolute Gasteiger partial charge is 0.276 e. The third-order valence-electron chi connectivity index (χ3n) is 5.76. The van der Waals surface area contributed by atoms with E-state index in [0.717, 1.165) is 60.7 Å². The van der Waals surface area contributed by atoms with E-state index in [9.17, 15) is 18.4 Å². The van der Waals surface area contributed by atoms with Gasteiger partial charge in [-0.05, 0) is 43.2 Å². The Morgan fingerprint density at radius 2 is 1.73 bits per heavy atom. The second-order valence-corrected chi connectivity index (χ2v) is 7.85. The first-order valence-corrected chi connectivity index (χ1v) is 10.5. The lowest BCUT2D eigenvalue weighted by molar-refractivity contribution is 0.102. The molecule has 1 N–H and O–H groups in total. The summed E-state index contributed by atoms with van der Waals surface area (Å²) >= 11 is 0. The lowest BCUT2D eigenvalue weighted by Crippen LogP contribution is -2.27. The van der Waals surface area contributed by atoms with Gasteiger partial charge < -0.3 is 10.2 Å². The fourth-order valence-electron chi connectivity index (χ4n) is 4.17. The summed E-state index contributed by atoms with van der Waals surface area (Å²) in [4.78, 5) is 27.5. The average Bonchev–Trinajstić information content (AvgIpc) is 3.45. The summed E-state index contributed by atoms with van der Waals surface area (Å²) in [5.41, 5.74) is 0.809. The number of aryl methyl sites for hydroxylation is 1. The monoisotopic (exact) mass is 450 g/mol. The van der Waals surface area contributed by atoms with Crippen molar-refractivity contribution in [2.75, 3.05) is 23.3 Å². The van der Waals surface area contributed by atoms with Crippen LogP contribution in [-0.4, -0.2) is 38.6 Å². The van der Waals surface area contributed by atoms with Gasteiger partial charge in [-0.15, -0.1) is 0 Å². The number of amides is 1. The Morgan fingerprint density at radius 1 is 1.00 bits per heavy atom. The molecule has 33 heavy (non-hydrogen) atoms. The van der Waals surface area contributed by atoms with Gasteiger partial charge in [0.25, 0.3) is 11.5 Å². The van der Waals surface area contributed by atoms with Gasteiger partial charge in [0.05, 0.1) is 23.1 Å². The number of fused-ring (bicyclic) bond motifs is 1. The third-order valence-corrected chi connectivity index (χ3v) is 5.76. The van der Waals surface area contributed by atoms with Crippen molar-refractivity contribution in [3.63, 3.8) is 0 Å². The second-order valence-electron chi connectivity index (χ2n) is 7.85. The number of carbonyl (C=O) groups excluding carboxylic acids is 1. The van der Waals surface area contributed by atoms with Crippen molar-refractivity contribution in [2.45, 2.75) is 12.8 Å². The van der Waals surface area contributed by atoms with Crippen LogP contribution in [0.4, 0.5) is 20.2 Å². The molecule has 0 aliphatic carbocycles. The van der Waals surface area contributed by atoms with Gasteiger partial charge in [0.1, 0.15) is 11.4 Å². The summed E-state index contributed by atoms with van der Waals surface area (Å²) in [5, 5.41) is 12.0. The Hall–Kier alpha value is -4.08. The van der Waals surface area contributed by atoms with E-state index < -0.39 is 28.8 Å². The second kappa shape index (κ2) is 8.12. The molecule has 2 aromatic heterocycles. The molecule has 8 nitrogen and oxygen atoms in total. The van der Waals surface area contributed by atoms with Crippen LogP contribution in [0.25, 0.3) is 16.6 Å². The molecule has 0 bridgehead atoms. The number of carbonyl (C=O) groups is 1. The number of nitrogens with zero attached hydrogens (tertiary/aromatic N) is 5. The van der Waals surface area contributed by atoms with Crippen LogP contribution in [-0.2, 0) is 7.05 Å². The lowest BCUT2D eigenvalue weighted by atomic mass is 10.1. The lowest BCUT2D eigenvalue weighted by Gasteiger charge is -2.22. The molecular formula is C23H20F2N6O2. The Morgan fingerprint density at radius 3 is 2.45 bits per heavy atom. The molecule has 1 aliphatic rings. The first kappa shape index (κ1) is 20.8. The molecule has 2 aromatic carbocycles. The molecule has 1 saturated heterocycles. The van der Waals surface area contributed by atoms with Gasteiger partial charge in [-0.2, -0.15) is 14.9 Å². The van der Waals surface area contributed by atoms with Gasteiger partial charge in [0.15, 0.2) is 11.6 Å². The highest BCUT2D eigenvalue weighted by molar-refractivity contribution is 6.08. The number of anilines is 2. The van der Waals surface area contributed by atoms with E-state index in [1.165, 1.54) is 12.1 Å². The molecule has 1 amide bonds. The largest absolute Gasteiger partial charge is 0.369 e. The van der Waals surface area contributed by atoms with E-state index in [1.807, 2.05) is 13.1 Å². The summed E-state index contributed by atoms with van der Waals surface area (Å²) < 4.78 is 30.8. The van der Waals surface area contributed by atoms with Crippen LogP contribution in [0.5, 0.6) is 0 Å². The summed E-state index contributed by atoms with van der Waals surface area (Å²) in [7, 11) is 1.85. The Kier molecular flexibility index (Phi) is 5.12. The molecule has 0 spiro atoms. The molecule has 10 heteroatoms. The molecule has 168 valence electrons. The summed E-state index contributed by atoms with van der Waals surface area (Å²) in [6.07, 6.45) is 3.85. The van der Waals surface area contributed by atoms with Crippen molar-refractivity contribution >= 4 is 28.2 Å². The third kappa shape index (κ3) is 3.63. The molecule has 1 fully saturated rings. The van der Waals surface area contributed by atoms with E-state index in [0.29, 0.717) is 10.4 Å². The molecule has 1 aliphatic heterocycles. The minimum absolute atomic E-state index is 0.157. The molecule has 0 atom stereocenters. The maximum absolute atomic E-state index is 14.2. The molecular weight excluding hydrogens is 430 g/mol. The van der Waals surface area contributed by atoms with Crippen molar-refractivity contribution in [2.24, 2.45) is 7.05 Å². The van der Waals surface area contributed by atoms with Gasteiger partial charge in [-0.3, -0.25) is 14.3 Å². The van der Waals surface area contributed by atoms with Crippen molar-refractivity contribution in [1.29, 1.82) is 0 Å². The van der Waals surface area contributed by atoms with Crippen LogP contribution >= 0.6 is 0 Å². The van der Waals surface area contributed by atoms with E-state index >= 15 is 0 Å². The van der Waals surface area contributed by atoms with Crippen molar-refractivity contribution in [1.82, 2.24) is 19.6 Å². The fraction of sp³-hybridized carbons (Fsp3) is 0.217. The van der Waals surface area contributed by atoms with Crippen molar-refractivity contribution in [3.8, 4) is 5.69 Å². The molecule has 4 aromatic rings. The SMILES string of the molecule is Cn1ncc2c(N3CCCC3)c(NC(=O)c3ccc(=O)n(-c4c(F)cccc4F)n3)ccc21. The number of para-hydroxylation sites is 1. The summed E-state index contributed by atoms with van der Waals surface area (Å²) in [6.45, 7) is 1.71. The zero-order valence-corrected chi connectivity index (χ0v) is 17.8. The summed E-state index contributed by atoms with van der Waals surface area (Å²) in [5.74, 6) is -2.52. The zero-order valence-electron chi connectivity index (χ0n) is 17.8. The number of hydrogen-bond acceptors (Lipinski definition) is 5. The van der Waals surface area contributed by atoms with Gasteiger partial charge in [-0.1, -0.05) is 6.07 Å². The zero-order chi connectivity index (χ0) is 23.1. The minimum Gasteiger partial charge on any atom is -0.369 e. The van der Waals surface area contributed by atoms with Crippen LogP contribution < -0.4 is 15.8 Å².